The van der Waals surface area contributed by atoms with Gasteiger partial charge in [-0.05, 0) is 16.8 Å². The molecule has 1 aromatic heterocycles. The van der Waals surface area contributed by atoms with E-state index in [9.17, 15) is 9.90 Å². The molecule has 0 radical (unpaired) electrons. The number of carbonyl (C=O) groups is 1. The fourth-order valence-electron chi connectivity index (χ4n) is 1.11. The Kier molecular flexibility index (Phi) is 5.37. The van der Waals surface area contributed by atoms with Crippen LogP contribution in [0.4, 0.5) is 0 Å². The van der Waals surface area contributed by atoms with Crippen molar-refractivity contribution in [3.63, 3.8) is 0 Å². The number of hydrogen-bond acceptors (Lipinski definition) is 6. The van der Waals surface area contributed by atoms with Crippen molar-refractivity contribution in [3.8, 4) is 0 Å². The molecule has 0 saturated carbocycles. The Labute approximate surface area is 92.6 Å². The van der Waals surface area contributed by atoms with Crippen molar-refractivity contribution < 1.29 is 14.6 Å². The zero-order chi connectivity index (χ0) is 11.8. The number of aliphatic hydroxyl groups excluding tert-OH is 1. The smallest absolute Gasteiger partial charge is 0.241 e. The Hall–Kier alpha value is -1.54. The van der Waals surface area contributed by atoms with Crippen molar-refractivity contribution in [2.24, 2.45) is 0 Å². The molecule has 90 valence electrons. The molecule has 0 spiro atoms. The van der Waals surface area contributed by atoms with Gasteiger partial charge in [-0.2, -0.15) is 0 Å². The van der Waals surface area contributed by atoms with E-state index in [1.165, 1.54) is 18.1 Å². The predicted molar refractivity (Wildman–Crippen MR) is 53.3 cm³/mol. The topological polar surface area (TPSA) is 102 Å². The lowest BCUT2D eigenvalue weighted by molar-refractivity contribution is -0.121. The first-order valence-corrected chi connectivity index (χ1v) is 4.87. The molecule has 8 heteroatoms. The molecule has 0 fully saturated rings. The van der Waals surface area contributed by atoms with Crippen LogP contribution >= 0.6 is 0 Å². The molecule has 1 unspecified atom stereocenters. The molecule has 0 saturated heterocycles. The molecular formula is C8H15N5O3. The van der Waals surface area contributed by atoms with Crippen LogP contribution in [0.2, 0.25) is 0 Å². The van der Waals surface area contributed by atoms with Gasteiger partial charge in [-0.25, -0.2) is 4.68 Å². The van der Waals surface area contributed by atoms with Crippen LogP contribution < -0.4 is 5.32 Å². The van der Waals surface area contributed by atoms with E-state index in [2.05, 4.69) is 20.8 Å². The number of rotatable bonds is 7. The first kappa shape index (κ1) is 12.5. The first-order chi connectivity index (χ1) is 7.72. The second-order valence-electron chi connectivity index (χ2n) is 3.26. The van der Waals surface area contributed by atoms with Gasteiger partial charge < -0.3 is 15.2 Å². The summed E-state index contributed by atoms with van der Waals surface area (Å²) in [6.45, 7) is 0.738. The van der Waals surface area contributed by atoms with Crippen molar-refractivity contribution in [3.05, 3.63) is 6.33 Å². The lowest BCUT2D eigenvalue weighted by atomic mass is 10.2. The van der Waals surface area contributed by atoms with E-state index >= 15 is 0 Å². The molecule has 0 aliphatic heterocycles. The summed E-state index contributed by atoms with van der Waals surface area (Å²) in [5.74, 6) is -0.197. The number of carbonyl (C=O) groups excluding carboxylic acids is 1. The van der Waals surface area contributed by atoms with Crippen LogP contribution in [-0.4, -0.2) is 57.6 Å². The number of methoxy groups -OCH3 is 1. The summed E-state index contributed by atoms with van der Waals surface area (Å²) in [4.78, 5) is 11.3. The number of aliphatic hydroxyl groups is 1. The highest BCUT2D eigenvalue weighted by Gasteiger charge is 2.06. The molecule has 1 rings (SSSR count). The molecule has 8 nitrogen and oxygen atoms in total. The number of nitrogens with zero attached hydrogens (tertiary/aromatic N) is 4. The second kappa shape index (κ2) is 6.85. The van der Waals surface area contributed by atoms with Crippen molar-refractivity contribution in [1.29, 1.82) is 0 Å². The predicted octanol–water partition coefficient (Wildman–Crippen LogP) is -1.81. The molecule has 0 aliphatic rings. The van der Waals surface area contributed by atoms with Crippen molar-refractivity contribution >= 4 is 5.91 Å². The van der Waals surface area contributed by atoms with E-state index in [1.807, 2.05) is 0 Å². The van der Waals surface area contributed by atoms with Gasteiger partial charge in [0.05, 0.1) is 12.7 Å². The van der Waals surface area contributed by atoms with Gasteiger partial charge in [0.2, 0.25) is 5.91 Å². The third-order valence-electron chi connectivity index (χ3n) is 1.86. The number of hydrogen-bond donors (Lipinski definition) is 2. The Morgan fingerprint density at radius 3 is 3.12 bits per heavy atom. The third kappa shape index (κ3) is 4.80. The molecule has 1 aromatic rings. The maximum atomic E-state index is 11.3. The van der Waals surface area contributed by atoms with Crippen LogP contribution in [0.5, 0.6) is 0 Å². The Balaban J connectivity index is 2.11. The normalized spacial score (nSPS) is 12.4. The SMILES string of the molecule is COCC(O)CCNC(=O)Cn1cnnn1. The molecule has 16 heavy (non-hydrogen) atoms. The van der Waals surface area contributed by atoms with Crippen molar-refractivity contribution in [2.45, 2.75) is 19.1 Å². The average molecular weight is 229 g/mol. The number of amides is 1. The van der Waals surface area contributed by atoms with Gasteiger partial charge in [0.25, 0.3) is 0 Å². The van der Waals surface area contributed by atoms with Crippen LogP contribution in [0.25, 0.3) is 0 Å². The summed E-state index contributed by atoms with van der Waals surface area (Å²) in [7, 11) is 1.51. The highest BCUT2D eigenvalue weighted by molar-refractivity contribution is 5.75. The summed E-state index contributed by atoms with van der Waals surface area (Å²) in [5, 5.41) is 22.3. The molecule has 1 heterocycles. The van der Waals surface area contributed by atoms with Gasteiger partial charge in [-0.1, -0.05) is 0 Å². The maximum Gasteiger partial charge on any atom is 0.241 e. The Morgan fingerprint density at radius 1 is 1.69 bits per heavy atom. The van der Waals surface area contributed by atoms with Gasteiger partial charge in [-0.15, -0.1) is 5.10 Å². The molecule has 1 atom stereocenters. The molecular weight excluding hydrogens is 214 g/mol. The summed E-state index contributed by atoms with van der Waals surface area (Å²) in [5.41, 5.74) is 0. The summed E-state index contributed by atoms with van der Waals surface area (Å²) in [6, 6.07) is 0. The number of aromatic nitrogens is 4. The average Bonchev–Trinajstić information content (AvgIpc) is 2.70. The van der Waals surface area contributed by atoms with Gasteiger partial charge in [-0.3, -0.25) is 4.79 Å². The van der Waals surface area contributed by atoms with Crippen LogP contribution in [-0.2, 0) is 16.1 Å². The summed E-state index contributed by atoms with van der Waals surface area (Å²) < 4.78 is 6.07. The third-order valence-corrected chi connectivity index (χ3v) is 1.86. The minimum Gasteiger partial charge on any atom is -0.391 e. The summed E-state index contributed by atoms with van der Waals surface area (Å²) >= 11 is 0. The highest BCUT2D eigenvalue weighted by Crippen LogP contribution is 1.90. The number of nitrogens with one attached hydrogen (secondary N) is 1. The maximum absolute atomic E-state index is 11.3. The molecule has 0 aliphatic carbocycles. The molecule has 2 N–H and O–H groups in total. The van der Waals surface area contributed by atoms with E-state index in [0.29, 0.717) is 13.0 Å². The van der Waals surface area contributed by atoms with Gasteiger partial charge in [0.1, 0.15) is 12.9 Å². The van der Waals surface area contributed by atoms with Gasteiger partial charge in [0, 0.05) is 13.7 Å². The van der Waals surface area contributed by atoms with E-state index in [4.69, 9.17) is 4.74 Å². The van der Waals surface area contributed by atoms with E-state index in [1.54, 1.807) is 0 Å². The van der Waals surface area contributed by atoms with Gasteiger partial charge >= 0.3 is 0 Å². The van der Waals surface area contributed by atoms with Crippen LogP contribution in [0, 0.1) is 0 Å². The largest absolute Gasteiger partial charge is 0.391 e. The summed E-state index contributed by atoms with van der Waals surface area (Å²) in [6.07, 6.45) is 1.26. The molecule has 1 amide bonds. The Bertz CT molecular complexity index is 303. The minimum absolute atomic E-state index is 0.0768. The molecule has 0 bridgehead atoms. The van der Waals surface area contributed by atoms with Crippen molar-refractivity contribution in [1.82, 2.24) is 25.5 Å². The number of ether oxygens (including phenoxy) is 1. The monoisotopic (exact) mass is 229 g/mol. The van der Waals surface area contributed by atoms with E-state index in [-0.39, 0.29) is 19.1 Å². The quantitative estimate of drug-likeness (QED) is 0.571. The van der Waals surface area contributed by atoms with Crippen LogP contribution in [0.3, 0.4) is 0 Å². The fourth-order valence-corrected chi connectivity index (χ4v) is 1.11. The Morgan fingerprint density at radius 2 is 2.50 bits per heavy atom. The minimum atomic E-state index is -0.557. The second-order valence-corrected chi connectivity index (χ2v) is 3.26. The van der Waals surface area contributed by atoms with Crippen LogP contribution in [0.15, 0.2) is 6.33 Å². The fraction of sp³-hybridized carbons (Fsp3) is 0.750. The van der Waals surface area contributed by atoms with E-state index < -0.39 is 6.10 Å². The van der Waals surface area contributed by atoms with Crippen LogP contribution in [0.1, 0.15) is 6.42 Å². The standard InChI is InChI=1S/C8H15N5O3/c1-16-5-7(14)2-3-9-8(15)4-13-6-10-11-12-13/h6-7,14H,2-5H2,1H3,(H,9,15). The lowest BCUT2D eigenvalue weighted by Crippen LogP contribution is -2.31. The lowest BCUT2D eigenvalue weighted by Gasteiger charge is -2.09. The van der Waals surface area contributed by atoms with Gasteiger partial charge in [0.15, 0.2) is 0 Å². The first-order valence-electron chi connectivity index (χ1n) is 4.87. The highest BCUT2D eigenvalue weighted by atomic mass is 16.5. The zero-order valence-electron chi connectivity index (χ0n) is 9.04. The zero-order valence-corrected chi connectivity index (χ0v) is 9.04. The van der Waals surface area contributed by atoms with E-state index in [0.717, 1.165) is 0 Å². The molecule has 0 aromatic carbocycles. The number of tetrazole rings is 1. The van der Waals surface area contributed by atoms with Crippen molar-refractivity contribution in [2.75, 3.05) is 20.3 Å².